The highest BCUT2D eigenvalue weighted by molar-refractivity contribution is 4.86. The zero-order valence-electron chi connectivity index (χ0n) is 10.7. The van der Waals surface area contributed by atoms with Gasteiger partial charge in [0.15, 0.2) is 0 Å². The topological polar surface area (TPSA) is 38.0 Å². The standard InChI is InChI=1S/C13H28N2/c1-4-5-11(9-14)10-15-12-6-7-13(2,3)8-12/h11-12,15H,4-10,14H2,1-3H3. The number of nitrogens with two attached hydrogens (primary N) is 1. The highest BCUT2D eigenvalue weighted by Gasteiger charge is 2.30. The van der Waals surface area contributed by atoms with Crippen molar-refractivity contribution >= 4 is 0 Å². The summed E-state index contributed by atoms with van der Waals surface area (Å²) in [5.74, 6) is 0.679. The molecule has 0 bridgehead atoms. The van der Waals surface area contributed by atoms with E-state index in [1.54, 1.807) is 0 Å². The predicted molar refractivity (Wildman–Crippen MR) is 66.9 cm³/mol. The second kappa shape index (κ2) is 5.86. The first-order valence-electron chi connectivity index (χ1n) is 6.51. The molecule has 0 aromatic carbocycles. The summed E-state index contributed by atoms with van der Waals surface area (Å²) in [6.07, 6.45) is 6.55. The molecule has 2 atom stereocenters. The van der Waals surface area contributed by atoms with Gasteiger partial charge in [-0.3, -0.25) is 0 Å². The third-order valence-corrected chi connectivity index (χ3v) is 3.69. The van der Waals surface area contributed by atoms with Crippen LogP contribution < -0.4 is 11.1 Å². The zero-order chi connectivity index (χ0) is 11.3. The molecule has 0 spiro atoms. The van der Waals surface area contributed by atoms with E-state index in [0.717, 1.165) is 19.1 Å². The zero-order valence-corrected chi connectivity index (χ0v) is 10.7. The molecule has 0 radical (unpaired) electrons. The van der Waals surface area contributed by atoms with E-state index in [1.165, 1.54) is 32.1 Å². The monoisotopic (exact) mass is 212 g/mol. The molecule has 0 heterocycles. The summed E-state index contributed by atoms with van der Waals surface area (Å²) in [5.41, 5.74) is 6.31. The molecule has 0 aromatic rings. The molecule has 2 unspecified atom stereocenters. The Hall–Kier alpha value is -0.0800. The summed E-state index contributed by atoms with van der Waals surface area (Å²) in [4.78, 5) is 0. The summed E-state index contributed by atoms with van der Waals surface area (Å²) in [7, 11) is 0. The molecule has 15 heavy (non-hydrogen) atoms. The quantitative estimate of drug-likeness (QED) is 0.710. The molecule has 1 fully saturated rings. The minimum absolute atomic E-state index is 0.556. The van der Waals surface area contributed by atoms with E-state index in [1.807, 2.05) is 0 Å². The number of nitrogens with one attached hydrogen (secondary N) is 1. The first-order chi connectivity index (χ1) is 7.07. The van der Waals surface area contributed by atoms with Crippen molar-refractivity contribution in [1.82, 2.24) is 5.32 Å². The maximum absolute atomic E-state index is 5.76. The fraction of sp³-hybridized carbons (Fsp3) is 1.00. The lowest BCUT2D eigenvalue weighted by atomic mass is 9.92. The molecule has 0 amide bonds. The van der Waals surface area contributed by atoms with E-state index in [2.05, 4.69) is 26.1 Å². The fourth-order valence-corrected chi connectivity index (χ4v) is 2.66. The van der Waals surface area contributed by atoms with Crippen LogP contribution in [0.25, 0.3) is 0 Å². The molecule has 90 valence electrons. The Bertz CT molecular complexity index is 177. The van der Waals surface area contributed by atoms with Gasteiger partial charge in [-0.2, -0.15) is 0 Å². The van der Waals surface area contributed by atoms with Crippen LogP contribution in [-0.4, -0.2) is 19.1 Å². The number of rotatable bonds is 6. The van der Waals surface area contributed by atoms with Crippen molar-refractivity contribution in [1.29, 1.82) is 0 Å². The molecule has 0 aromatic heterocycles. The maximum Gasteiger partial charge on any atom is 0.00724 e. The Kier molecular flexibility index (Phi) is 5.07. The maximum atomic E-state index is 5.76. The van der Waals surface area contributed by atoms with Crippen LogP contribution in [0.2, 0.25) is 0 Å². The van der Waals surface area contributed by atoms with Crippen LogP contribution in [0.15, 0.2) is 0 Å². The Labute approximate surface area is 95.0 Å². The van der Waals surface area contributed by atoms with Gasteiger partial charge in [0, 0.05) is 6.04 Å². The average Bonchev–Trinajstić information content (AvgIpc) is 2.53. The van der Waals surface area contributed by atoms with Crippen LogP contribution in [0.5, 0.6) is 0 Å². The highest BCUT2D eigenvalue weighted by Crippen LogP contribution is 2.36. The largest absolute Gasteiger partial charge is 0.330 e. The van der Waals surface area contributed by atoms with Crippen molar-refractivity contribution < 1.29 is 0 Å². The molecule has 3 N–H and O–H groups in total. The van der Waals surface area contributed by atoms with Crippen molar-refractivity contribution in [2.45, 2.75) is 58.9 Å². The molecule has 0 saturated heterocycles. The Morgan fingerprint density at radius 3 is 2.67 bits per heavy atom. The Morgan fingerprint density at radius 1 is 1.47 bits per heavy atom. The summed E-state index contributed by atoms with van der Waals surface area (Å²) in [6, 6.07) is 0.742. The lowest BCUT2D eigenvalue weighted by Crippen LogP contribution is -2.34. The number of hydrogen-bond donors (Lipinski definition) is 2. The second-order valence-electron chi connectivity index (χ2n) is 5.90. The fourth-order valence-electron chi connectivity index (χ4n) is 2.66. The third kappa shape index (κ3) is 4.52. The SMILES string of the molecule is CCCC(CN)CNC1CCC(C)(C)C1. The van der Waals surface area contributed by atoms with E-state index in [4.69, 9.17) is 5.73 Å². The van der Waals surface area contributed by atoms with E-state index < -0.39 is 0 Å². The molecule has 1 saturated carbocycles. The summed E-state index contributed by atoms with van der Waals surface area (Å²) in [5, 5.41) is 3.69. The molecule has 0 aliphatic heterocycles. The minimum atomic E-state index is 0.556. The first kappa shape index (κ1) is 13.0. The average molecular weight is 212 g/mol. The van der Waals surface area contributed by atoms with Crippen LogP contribution in [0.4, 0.5) is 0 Å². The molecule has 1 rings (SSSR count). The lowest BCUT2D eigenvalue weighted by molar-refractivity contribution is 0.352. The van der Waals surface area contributed by atoms with E-state index >= 15 is 0 Å². The summed E-state index contributed by atoms with van der Waals surface area (Å²) >= 11 is 0. The van der Waals surface area contributed by atoms with Gasteiger partial charge in [-0.1, -0.05) is 27.2 Å². The smallest absolute Gasteiger partial charge is 0.00724 e. The Balaban J connectivity index is 2.19. The van der Waals surface area contributed by atoms with Gasteiger partial charge in [-0.05, 0) is 50.1 Å². The third-order valence-electron chi connectivity index (χ3n) is 3.69. The van der Waals surface area contributed by atoms with Gasteiger partial charge in [0.25, 0.3) is 0 Å². The van der Waals surface area contributed by atoms with Crippen molar-refractivity contribution in [3.63, 3.8) is 0 Å². The van der Waals surface area contributed by atoms with Gasteiger partial charge < -0.3 is 11.1 Å². The van der Waals surface area contributed by atoms with E-state index in [-0.39, 0.29) is 0 Å². The Morgan fingerprint density at radius 2 is 2.20 bits per heavy atom. The van der Waals surface area contributed by atoms with Crippen LogP contribution in [0.1, 0.15) is 52.9 Å². The van der Waals surface area contributed by atoms with E-state index in [9.17, 15) is 0 Å². The summed E-state index contributed by atoms with van der Waals surface area (Å²) in [6.45, 7) is 8.94. The van der Waals surface area contributed by atoms with Crippen LogP contribution in [-0.2, 0) is 0 Å². The van der Waals surface area contributed by atoms with Gasteiger partial charge in [0.05, 0.1) is 0 Å². The molecule has 2 nitrogen and oxygen atoms in total. The molecular formula is C13H28N2. The van der Waals surface area contributed by atoms with Gasteiger partial charge in [-0.15, -0.1) is 0 Å². The molecule has 1 aliphatic rings. The van der Waals surface area contributed by atoms with E-state index in [0.29, 0.717) is 11.3 Å². The molecular weight excluding hydrogens is 184 g/mol. The van der Waals surface area contributed by atoms with Crippen LogP contribution in [0.3, 0.4) is 0 Å². The van der Waals surface area contributed by atoms with Gasteiger partial charge in [0.2, 0.25) is 0 Å². The van der Waals surface area contributed by atoms with Gasteiger partial charge >= 0.3 is 0 Å². The van der Waals surface area contributed by atoms with Gasteiger partial charge in [-0.25, -0.2) is 0 Å². The summed E-state index contributed by atoms with van der Waals surface area (Å²) < 4.78 is 0. The minimum Gasteiger partial charge on any atom is -0.330 e. The normalized spacial score (nSPS) is 26.8. The first-order valence-corrected chi connectivity index (χ1v) is 6.51. The number of hydrogen-bond acceptors (Lipinski definition) is 2. The second-order valence-corrected chi connectivity index (χ2v) is 5.90. The predicted octanol–water partition coefficient (Wildman–Crippen LogP) is 2.53. The van der Waals surface area contributed by atoms with Crippen molar-refractivity contribution in [3.05, 3.63) is 0 Å². The van der Waals surface area contributed by atoms with Crippen molar-refractivity contribution in [2.75, 3.05) is 13.1 Å². The van der Waals surface area contributed by atoms with Crippen molar-refractivity contribution in [2.24, 2.45) is 17.1 Å². The van der Waals surface area contributed by atoms with Gasteiger partial charge in [0.1, 0.15) is 0 Å². The van der Waals surface area contributed by atoms with Crippen LogP contribution >= 0.6 is 0 Å². The molecule has 1 aliphatic carbocycles. The highest BCUT2D eigenvalue weighted by atomic mass is 14.9. The van der Waals surface area contributed by atoms with Crippen molar-refractivity contribution in [3.8, 4) is 0 Å². The molecule has 2 heteroatoms. The van der Waals surface area contributed by atoms with Crippen LogP contribution in [0, 0.1) is 11.3 Å². The lowest BCUT2D eigenvalue weighted by Gasteiger charge is -2.20.